The lowest BCUT2D eigenvalue weighted by Crippen LogP contribution is -2.51. The van der Waals surface area contributed by atoms with E-state index in [0.717, 1.165) is 70.8 Å². The summed E-state index contributed by atoms with van der Waals surface area (Å²) in [5, 5.41) is 0. The summed E-state index contributed by atoms with van der Waals surface area (Å²) in [5.41, 5.74) is 0. The first kappa shape index (κ1) is 18.5. The van der Waals surface area contributed by atoms with Gasteiger partial charge in [0.05, 0.1) is 13.0 Å². The molecule has 1 amide bonds. The Bertz CT molecular complexity index is 641. The van der Waals surface area contributed by atoms with E-state index in [1.807, 2.05) is 0 Å². The molecular formula is C20H31N5O2. The van der Waals surface area contributed by atoms with Gasteiger partial charge >= 0.3 is 0 Å². The molecular weight excluding hydrogens is 342 g/mol. The molecule has 0 radical (unpaired) electrons. The Labute approximate surface area is 161 Å². The zero-order valence-electron chi connectivity index (χ0n) is 16.3. The van der Waals surface area contributed by atoms with E-state index in [1.165, 1.54) is 12.8 Å². The van der Waals surface area contributed by atoms with Crippen LogP contribution >= 0.6 is 0 Å². The van der Waals surface area contributed by atoms with Gasteiger partial charge in [-0.1, -0.05) is 0 Å². The van der Waals surface area contributed by atoms with Crippen molar-refractivity contribution in [3.63, 3.8) is 0 Å². The second-order valence-corrected chi connectivity index (χ2v) is 7.97. The van der Waals surface area contributed by atoms with Crippen LogP contribution in [0.4, 0.5) is 5.82 Å². The molecule has 1 aromatic heterocycles. The number of amides is 1. The molecule has 3 aliphatic heterocycles. The number of methoxy groups -OCH3 is 1. The molecule has 1 unspecified atom stereocenters. The number of ether oxygens (including phenoxy) is 1. The molecule has 148 valence electrons. The Kier molecular flexibility index (Phi) is 5.76. The summed E-state index contributed by atoms with van der Waals surface area (Å²) in [6.07, 6.45) is 10.1. The molecule has 0 spiro atoms. The summed E-state index contributed by atoms with van der Waals surface area (Å²) in [7, 11) is 1.64. The second-order valence-electron chi connectivity index (χ2n) is 7.97. The van der Waals surface area contributed by atoms with E-state index in [0.29, 0.717) is 17.8 Å². The van der Waals surface area contributed by atoms with Crippen LogP contribution in [0.15, 0.2) is 12.4 Å². The highest BCUT2D eigenvalue weighted by atomic mass is 16.5. The fourth-order valence-electron chi connectivity index (χ4n) is 4.86. The topological polar surface area (TPSA) is 61.8 Å². The number of hydrogen-bond donors (Lipinski definition) is 0. The molecule has 0 aromatic carbocycles. The zero-order chi connectivity index (χ0) is 18.6. The van der Waals surface area contributed by atoms with Crippen LogP contribution in [-0.4, -0.2) is 78.1 Å². The van der Waals surface area contributed by atoms with Gasteiger partial charge in [0.15, 0.2) is 5.82 Å². The highest BCUT2D eigenvalue weighted by Gasteiger charge is 2.34. The Morgan fingerprint density at radius 2 is 1.74 bits per heavy atom. The standard InChI is InChI=1S/C20H31N5O2/c1-27-19-18(21-8-9-22-19)23-13-6-17(7-14-23)25-12-4-5-16(15-25)20(26)24-10-2-3-11-24/h8-9,16-17H,2-7,10-15H2,1H3. The molecule has 3 saturated heterocycles. The van der Waals surface area contributed by atoms with Crippen LogP contribution in [0.2, 0.25) is 0 Å². The van der Waals surface area contributed by atoms with Gasteiger partial charge in [-0.05, 0) is 45.1 Å². The van der Waals surface area contributed by atoms with E-state index in [1.54, 1.807) is 19.5 Å². The average Bonchev–Trinajstić information content (AvgIpc) is 3.28. The number of piperidine rings is 2. The lowest BCUT2D eigenvalue weighted by atomic mass is 9.93. The maximum Gasteiger partial charge on any atom is 0.257 e. The van der Waals surface area contributed by atoms with Crippen LogP contribution in [0.5, 0.6) is 5.88 Å². The van der Waals surface area contributed by atoms with E-state index < -0.39 is 0 Å². The van der Waals surface area contributed by atoms with Gasteiger partial charge in [-0.3, -0.25) is 9.69 Å². The van der Waals surface area contributed by atoms with Gasteiger partial charge in [-0.2, -0.15) is 0 Å². The van der Waals surface area contributed by atoms with Crippen molar-refractivity contribution >= 4 is 11.7 Å². The molecule has 1 atom stereocenters. The molecule has 27 heavy (non-hydrogen) atoms. The third-order valence-corrected chi connectivity index (χ3v) is 6.34. The monoisotopic (exact) mass is 373 g/mol. The number of aromatic nitrogens is 2. The molecule has 0 bridgehead atoms. The predicted octanol–water partition coefficient (Wildman–Crippen LogP) is 1.79. The molecule has 4 rings (SSSR count). The van der Waals surface area contributed by atoms with Gasteiger partial charge in [-0.15, -0.1) is 0 Å². The summed E-state index contributed by atoms with van der Waals surface area (Å²) >= 11 is 0. The van der Waals surface area contributed by atoms with E-state index >= 15 is 0 Å². The number of nitrogens with zero attached hydrogens (tertiary/aromatic N) is 5. The molecule has 0 saturated carbocycles. The lowest BCUT2D eigenvalue weighted by molar-refractivity contribution is -0.136. The number of carbonyl (C=O) groups excluding carboxylic acids is 1. The molecule has 7 nitrogen and oxygen atoms in total. The van der Waals surface area contributed by atoms with Crippen molar-refractivity contribution in [3.05, 3.63) is 12.4 Å². The normalized spacial score (nSPS) is 25.0. The Morgan fingerprint density at radius 3 is 2.48 bits per heavy atom. The van der Waals surface area contributed by atoms with E-state index in [9.17, 15) is 4.79 Å². The number of likely N-dealkylation sites (tertiary alicyclic amines) is 2. The van der Waals surface area contributed by atoms with Crippen LogP contribution < -0.4 is 9.64 Å². The third-order valence-electron chi connectivity index (χ3n) is 6.34. The Morgan fingerprint density at radius 1 is 1.00 bits per heavy atom. The van der Waals surface area contributed by atoms with Crippen molar-refractivity contribution in [1.29, 1.82) is 0 Å². The summed E-state index contributed by atoms with van der Waals surface area (Å²) in [6, 6.07) is 0.568. The Hall–Kier alpha value is -1.89. The molecule has 1 aromatic rings. The molecule has 3 fully saturated rings. The van der Waals surface area contributed by atoms with Crippen molar-refractivity contribution in [2.24, 2.45) is 5.92 Å². The first-order valence-electron chi connectivity index (χ1n) is 10.4. The third kappa shape index (κ3) is 4.03. The van der Waals surface area contributed by atoms with Crippen molar-refractivity contribution in [1.82, 2.24) is 19.8 Å². The maximum atomic E-state index is 12.8. The van der Waals surface area contributed by atoms with E-state index in [2.05, 4.69) is 24.7 Å². The number of hydrogen-bond acceptors (Lipinski definition) is 6. The molecule has 7 heteroatoms. The van der Waals surface area contributed by atoms with Crippen molar-refractivity contribution in [3.8, 4) is 5.88 Å². The highest BCUT2D eigenvalue weighted by molar-refractivity contribution is 5.79. The fourth-order valence-corrected chi connectivity index (χ4v) is 4.86. The summed E-state index contributed by atoms with van der Waals surface area (Å²) in [4.78, 5) is 28.5. The summed E-state index contributed by atoms with van der Waals surface area (Å²) < 4.78 is 5.36. The Balaban J connectivity index is 1.33. The van der Waals surface area contributed by atoms with Crippen molar-refractivity contribution in [2.45, 2.75) is 44.6 Å². The molecule has 0 aliphatic carbocycles. The van der Waals surface area contributed by atoms with Crippen LogP contribution in [0.3, 0.4) is 0 Å². The summed E-state index contributed by atoms with van der Waals surface area (Å²) in [5.74, 6) is 2.05. The largest absolute Gasteiger partial charge is 0.478 e. The highest BCUT2D eigenvalue weighted by Crippen LogP contribution is 2.29. The first-order chi connectivity index (χ1) is 13.3. The van der Waals surface area contributed by atoms with Crippen LogP contribution in [0, 0.1) is 5.92 Å². The summed E-state index contributed by atoms with van der Waals surface area (Å²) in [6.45, 7) is 5.92. The van der Waals surface area contributed by atoms with Gasteiger partial charge in [-0.25, -0.2) is 9.97 Å². The van der Waals surface area contributed by atoms with E-state index in [-0.39, 0.29) is 5.92 Å². The molecule has 0 N–H and O–H groups in total. The number of rotatable bonds is 4. The maximum absolute atomic E-state index is 12.8. The van der Waals surface area contributed by atoms with Gasteiger partial charge < -0.3 is 14.5 Å². The minimum atomic E-state index is 0.204. The van der Waals surface area contributed by atoms with Crippen molar-refractivity contribution in [2.75, 3.05) is 51.3 Å². The molecule has 3 aliphatic rings. The number of anilines is 1. The minimum Gasteiger partial charge on any atom is -0.478 e. The van der Waals surface area contributed by atoms with Gasteiger partial charge in [0.1, 0.15) is 0 Å². The molecule has 4 heterocycles. The smallest absolute Gasteiger partial charge is 0.257 e. The van der Waals surface area contributed by atoms with Crippen LogP contribution in [0.25, 0.3) is 0 Å². The van der Waals surface area contributed by atoms with Gasteiger partial charge in [0.25, 0.3) is 5.88 Å². The first-order valence-corrected chi connectivity index (χ1v) is 10.4. The quantitative estimate of drug-likeness (QED) is 0.802. The van der Waals surface area contributed by atoms with Crippen molar-refractivity contribution < 1.29 is 9.53 Å². The van der Waals surface area contributed by atoms with Crippen LogP contribution in [0.1, 0.15) is 38.5 Å². The minimum absolute atomic E-state index is 0.204. The predicted molar refractivity (Wildman–Crippen MR) is 104 cm³/mol. The zero-order valence-corrected chi connectivity index (χ0v) is 16.3. The average molecular weight is 374 g/mol. The van der Waals surface area contributed by atoms with E-state index in [4.69, 9.17) is 4.74 Å². The van der Waals surface area contributed by atoms with Crippen LogP contribution in [-0.2, 0) is 4.79 Å². The lowest BCUT2D eigenvalue weighted by Gasteiger charge is -2.42. The fraction of sp³-hybridized carbons (Fsp3) is 0.750. The van der Waals surface area contributed by atoms with Gasteiger partial charge in [0, 0.05) is 51.2 Å². The van der Waals surface area contributed by atoms with Gasteiger partial charge in [0.2, 0.25) is 5.91 Å². The number of carbonyl (C=O) groups is 1. The SMILES string of the molecule is COc1nccnc1N1CCC(N2CCCC(C(=O)N3CCCC3)C2)CC1. The second kappa shape index (κ2) is 8.42.